The molecule has 0 radical (unpaired) electrons. The summed E-state index contributed by atoms with van der Waals surface area (Å²) in [6.45, 7) is 9.40. The fraction of sp³-hybridized carbons (Fsp3) is 1.00. The molecule has 2 aliphatic carbocycles. The van der Waals surface area contributed by atoms with E-state index < -0.39 is 0 Å². The molecule has 2 N–H and O–H groups in total. The molecule has 2 fully saturated rings. The molecular weight excluding hydrogens is 260 g/mol. The number of aliphatic hydroxyl groups excluding tert-OH is 1. The van der Waals surface area contributed by atoms with Gasteiger partial charge in [-0.1, -0.05) is 26.7 Å². The fourth-order valence-electron chi connectivity index (χ4n) is 4.59. The SMILES string of the molecule is CCCNCC1(CN(C)CC2CC(O)C2)CCCC(C)C1. The van der Waals surface area contributed by atoms with Gasteiger partial charge in [0.05, 0.1) is 6.10 Å². The normalized spacial score (nSPS) is 36.7. The highest BCUT2D eigenvalue weighted by molar-refractivity contribution is 4.90. The van der Waals surface area contributed by atoms with Crippen LogP contribution in [0.2, 0.25) is 0 Å². The third kappa shape index (κ3) is 5.22. The van der Waals surface area contributed by atoms with Gasteiger partial charge in [-0.25, -0.2) is 0 Å². The van der Waals surface area contributed by atoms with Gasteiger partial charge in [-0.3, -0.25) is 0 Å². The molecule has 0 amide bonds. The summed E-state index contributed by atoms with van der Waals surface area (Å²) in [4.78, 5) is 2.54. The third-order valence-electron chi connectivity index (χ3n) is 5.50. The van der Waals surface area contributed by atoms with Crippen molar-refractivity contribution in [3.63, 3.8) is 0 Å². The molecule has 0 aromatic rings. The Bertz CT molecular complexity index is 304. The molecule has 0 aliphatic heterocycles. The summed E-state index contributed by atoms with van der Waals surface area (Å²) in [6.07, 6.45) is 8.80. The molecule has 0 aromatic heterocycles. The van der Waals surface area contributed by atoms with Gasteiger partial charge in [-0.05, 0) is 62.9 Å². The van der Waals surface area contributed by atoms with Crippen LogP contribution >= 0.6 is 0 Å². The zero-order chi connectivity index (χ0) is 15.3. The lowest BCUT2D eigenvalue weighted by Crippen LogP contribution is -2.48. The number of rotatable bonds is 8. The van der Waals surface area contributed by atoms with Gasteiger partial charge < -0.3 is 15.3 Å². The maximum Gasteiger partial charge on any atom is 0.0546 e. The van der Waals surface area contributed by atoms with E-state index in [1.165, 1.54) is 51.7 Å². The van der Waals surface area contributed by atoms with E-state index in [0.29, 0.717) is 5.41 Å². The molecular formula is C18H36N2O. The Balaban J connectivity index is 1.84. The topological polar surface area (TPSA) is 35.5 Å². The average Bonchev–Trinajstić information content (AvgIpc) is 2.37. The van der Waals surface area contributed by atoms with Crippen molar-refractivity contribution in [3.8, 4) is 0 Å². The van der Waals surface area contributed by atoms with Crippen molar-refractivity contribution in [2.75, 3.05) is 33.2 Å². The molecule has 2 saturated carbocycles. The minimum atomic E-state index is -0.0155. The van der Waals surface area contributed by atoms with Crippen molar-refractivity contribution >= 4 is 0 Å². The number of hydrogen-bond donors (Lipinski definition) is 2. The molecule has 3 nitrogen and oxygen atoms in total. The lowest BCUT2D eigenvalue weighted by Gasteiger charge is -2.44. The molecule has 2 aliphatic rings. The Hall–Kier alpha value is -0.120. The van der Waals surface area contributed by atoms with Crippen LogP contribution in [0.15, 0.2) is 0 Å². The largest absolute Gasteiger partial charge is 0.393 e. The summed E-state index contributed by atoms with van der Waals surface area (Å²) in [5.74, 6) is 1.60. The Kier molecular flexibility index (Phi) is 6.51. The lowest BCUT2D eigenvalue weighted by atomic mass is 9.69. The van der Waals surface area contributed by atoms with Crippen molar-refractivity contribution in [3.05, 3.63) is 0 Å². The van der Waals surface area contributed by atoms with E-state index in [2.05, 4.69) is 31.1 Å². The maximum absolute atomic E-state index is 9.45. The Morgan fingerprint density at radius 1 is 1.33 bits per heavy atom. The zero-order valence-electron chi connectivity index (χ0n) is 14.4. The highest BCUT2D eigenvalue weighted by Crippen LogP contribution is 2.40. The predicted molar refractivity (Wildman–Crippen MR) is 89.5 cm³/mol. The third-order valence-corrected chi connectivity index (χ3v) is 5.50. The second-order valence-electron chi connectivity index (χ2n) is 8.07. The van der Waals surface area contributed by atoms with Gasteiger partial charge >= 0.3 is 0 Å². The van der Waals surface area contributed by atoms with E-state index in [0.717, 1.165) is 31.2 Å². The molecule has 0 heterocycles. The number of aliphatic hydroxyl groups is 1. The summed E-state index contributed by atoms with van der Waals surface area (Å²) in [5, 5.41) is 13.1. The highest BCUT2D eigenvalue weighted by Gasteiger charge is 2.36. The van der Waals surface area contributed by atoms with Crippen LogP contribution in [-0.2, 0) is 0 Å². The Morgan fingerprint density at radius 3 is 2.71 bits per heavy atom. The van der Waals surface area contributed by atoms with Gasteiger partial charge in [-0.15, -0.1) is 0 Å². The Morgan fingerprint density at radius 2 is 2.10 bits per heavy atom. The van der Waals surface area contributed by atoms with E-state index in [-0.39, 0.29) is 6.10 Å². The average molecular weight is 296 g/mol. The van der Waals surface area contributed by atoms with Gasteiger partial charge in [0, 0.05) is 19.6 Å². The van der Waals surface area contributed by atoms with Crippen molar-refractivity contribution in [1.82, 2.24) is 10.2 Å². The molecule has 0 spiro atoms. The number of hydrogen-bond acceptors (Lipinski definition) is 3. The monoisotopic (exact) mass is 296 g/mol. The molecule has 0 bridgehead atoms. The number of nitrogens with zero attached hydrogens (tertiary/aromatic N) is 1. The summed E-state index contributed by atoms with van der Waals surface area (Å²) in [7, 11) is 2.28. The van der Waals surface area contributed by atoms with E-state index >= 15 is 0 Å². The molecule has 21 heavy (non-hydrogen) atoms. The first-order valence-electron chi connectivity index (χ1n) is 9.10. The van der Waals surface area contributed by atoms with Crippen LogP contribution < -0.4 is 5.32 Å². The quantitative estimate of drug-likeness (QED) is 0.676. The minimum absolute atomic E-state index is 0.0155. The highest BCUT2D eigenvalue weighted by atomic mass is 16.3. The van der Waals surface area contributed by atoms with Crippen molar-refractivity contribution in [2.45, 2.75) is 64.9 Å². The van der Waals surface area contributed by atoms with Crippen LogP contribution in [0.3, 0.4) is 0 Å². The van der Waals surface area contributed by atoms with Gasteiger partial charge in [0.2, 0.25) is 0 Å². The van der Waals surface area contributed by atoms with Crippen LogP contribution in [0.25, 0.3) is 0 Å². The fourth-order valence-corrected chi connectivity index (χ4v) is 4.59. The molecule has 2 atom stereocenters. The molecule has 0 aromatic carbocycles. The minimum Gasteiger partial charge on any atom is -0.393 e. The second-order valence-corrected chi connectivity index (χ2v) is 8.07. The standard InChI is InChI=1S/C18H36N2O/c1-4-8-19-13-18(7-5-6-15(2)11-18)14-20(3)12-16-9-17(21)10-16/h15-17,19,21H,4-14H2,1-3H3. The molecule has 3 heteroatoms. The van der Waals surface area contributed by atoms with Crippen LogP contribution in [-0.4, -0.2) is 49.3 Å². The second kappa shape index (κ2) is 7.94. The maximum atomic E-state index is 9.45. The first-order chi connectivity index (χ1) is 10.0. The van der Waals surface area contributed by atoms with E-state index in [1.54, 1.807) is 0 Å². The van der Waals surface area contributed by atoms with Crippen molar-refractivity contribution < 1.29 is 5.11 Å². The summed E-state index contributed by atoms with van der Waals surface area (Å²) >= 11 is 0. The summed E-state index contributed by atoms with van der Waals surface area (Å²) in [6, 6.07) is 0. The summed E-state index contributed by atoms with van der Waals surface area (Å²) < 4.78 is 0. The van der Waals surface area contributed by atoms with Gasteiger partial charge in [0.1, 0.15) is 0 Å². The van der Waals surface area contributed by atoms with Crippen LogP contribution in [0, 0.1) is 17.3 Å². The molecule has 2 rings (SSSR count). The van der Waals surface area contributed by atoms with Gasteiger partial charge in [-0.2, -0.15) is 0 Å². The molecule has 2 unspecified atom stereocenters. The van der Waals surface area contributed by atoms with Gasteiger partial charge in [0.25, 0.3) is 0 Å². The lowest BCUT2D eigenvalue weighted by molar-refractivity contribution is 0.0154. The predicted octanol–water partition coefficient (Wildman–Crippen LogP) is 2.89. The van der Waals surface area contributed by atoms with Gasteiger partial charge in [0.15, 0.2) is 0 Å². The number of nitrogens with one attached hydrogen (secondary N) is 1. The molecule has 124 valence electrons. The first kappa shape index (κ1) is 17.2. The van der Waals surface area contributed by atoms with E-state index in [4.69, 9.17) is 0 Å². The van der Waals surface area contributed by atoms with Crippen LogP contribution in [0.5, 0.6) is 0 Å². The first-order valence-corrected chi connectivity index (χ1v) is 9.10. The zero-order valence-corrected chi connectivity index (χ0v) is 14.4. The van der Waals surface area contributed by atoms with E-state index in [1.807, 2.05) is 0 Å². The Labute approximate surface area is 131 Å². The molecule has 0 saturated heterocycles. The van der Waals surface area contributed by atoms with Crippen LogP contribution in [0.4, 0.5) is 0 Å². The van der Waals surface area contributed by atoms with E-state index in [9.17, 15) is 5.11 Å². The smallest absolute Gasteiger partial charge is 0.0546 e. The van der Waals surface area contributed by atoms with Crippen molar-refractivity contribution in [1.29, 1.82) is 0 Å². The summed E-state index contributed by atoms with van der Waals surface area (Å²) in [5.41, 5.74) is 0.476. The van der Waals surface area contributed by atoms with Crippen molar-refractivity contribution in [2.24, 2.45) is 17.3 Å². The van der Waals surface area contributed by atoms with Crippen LogP contribution in [0.1, 0.15) is 58.8 Å².